The summed E-state index contributed by atoms with van der Waals surface area (Å²) in [5, 5.41) is 29.3. The van der Waals surface area contributed by atoms with Crippen LogP contribution in [0.3, 0.4) is 0 Å². The van der Waals surface area contributed by atoms with E-state index in [1.807, 2.05) is 39.0 Å². The zero-order valence-electron chi connectivity index (χ0n) is 20.2. The molecule has 0 fully saturated rings. The number of hydrogen-bond acceptors (Lipinski definition) is 5. The van der Waals surface area contributed by atoms with E-state index >= 15 is 0 Å². The van der Waals surface area contributed by atoms with Crippen molar-refractivity contribution in [2.45, 2.75) is 40.0 Å². The molecule has 1 aliphatic carbocycles. The van der Waals surface area contributed by atoms with Crippen molar-refractivity contribution in [3.05, 3.63) is 105 Å². The zero-order chi connectivity index (χ0) is 25.4. The second-order valence-corrected chi connectivity index (χ2v) is 8.27. The number of nitrogens with zero attached hydrogens (tertiary/aromatic N) is 2. The Bertz CT molecular complexity index is 1230. The van der Waals surface area contributed by atoms with Gasteiger partial charge in [-0.3, -0.25) is 4.79 Å². The highest BCUT2D eigenvalue weighted by Gasteiger charge is 2.33. The third kappa shape index (κ3) is 5.90. The number of nitriles is 2. The smallest absolute Gasteiger partial charge is 0.185 e. The Morgan fingerprint density at radius 3 is 2.53 bits per heavy atom. The molecule has 174 valence electrons. The van der Waals surface area contributed by atoms with Gasteiger partial charge in [-0.1, -0.05) is 31.4 Å². The number of carbonyl (C=O) groups is 1. The standard InChI is InChI=1S/C29H30N2O3/c1-7-19(3)27(26(33)17-34-12-8-11-30)29(24-10-9-23(16-31)15-21(24)5)28-22(6)20(4)13-18(2)14-25(28)32/h7,9-10,13-15,29,32H,1-2,8,12,17H2,3-6H3/b27-19-/t29-/m1/s1. The normalized spacial score (nSPS) is 15.3. The Hall–Kier alpha value is -3.93. The number of ether oxygens (including phenoxy) is 1. The minimum atomic E-state index is -0.636. The molecule has 1 N–H and O–H groups in total. The summed E-state index contributed by atoms with van der Waals surface area (Å²) in [6.45, 7) is 15.3. The van der Waals surface area contributed by atoms with Crippen LogP contribution in [0.2, 0.25) is 0 Å². The number of allylic oxidation sites excluding steroid dienone is 8. The van der Waals surface area contributed by atoms with Crippen molar-refractivity contribution in [2.24, 2.45) is 0 Å². The van der Waals surface area contributed by atoms with Gasteiger partial charge in [-0.25, -0.2) is 0 Å². The van der Waals surface area contributed by atoms with Gasteiger partial charge in [0.25, 0.3) is 0 Å². The van der Waals surface area contributed by atoms with Crippen LogP contribution in [0, 0.1) is 29.6 Å². The molecule has 0 heterocycles. The number of carbonyl (C=O) groups excluding carboxylic acids is 1. The molecular formula is C29H30N2O3. The molecule has 5 nitrogen and oxygen atoms in total. The number of Topliss-reactive ketones (excluding diaryl/α,β-unsaturated/α-hetero) is 1. The van der Waals surface area contributed by atoms with Crippen LogP contribution in [0.5, 0.6) is 0 Å². The summed E-state index contributed by atoms with van der Waals surface area (Å²) in [6.07, 6.45) is 5.28. The van der Waals surface area contributed by atoms with Crippen molar-refractivity contribution < 1.29 is 14.6 Å². The van der Waals surface area contributed by atoms with Crippen LogP contribution in [-0.4, -0.2) is 24.1 Å². The van der Waals surface area contributed by atoms with Gasteiger partial charge in [-0.2, -0.15) is 10.5 Å². The Balaban J connectivity index is 2.85. The fraction of sp³-hybridized carbons (Fsp3) is 0.276. The second-order valence-electron chi connectivity index (χ2n) is 8.27. The highest BCUT2D eigenvalue weighted by atomic mass is 16.5. The second kappa shape index (κ2) is 11.8. The molecule has 0 bridgehead atoms. The largest absolute Gasteiger partial charge is 0.508 e. The van der Waals surface area contributed by atoms with E-state index in [2.05, 4.69) is 19.2 Å². The Morgan fingerprint density at radius 2 is 1.94 bits per heavy atom. The van der Waals surface area contributed by atoms with Crippen LogP contribution < -0.4 is 0 Å². The van der Waals surface area contributed by atoms with Gasteiger partial charge in [0, 0.05) is 17.1 Å². The molecule has 0 amide bonds. The zero-order valence-corrected chi connectivity index (χ0v) is 20.2. The van der Waals surface area contributed by atoms with Crippen LogP contribution in [0.1, 0.15) is 49.8 Å². The molecule has 2 rings (SSSR count). The number of aryl methyl sites for hydroxylation is 1. The maximum atomic E-state index is 13.5. The van der Waals surface area contributed by atoms with Crippen molar-refractivity contribution in [1.29, 1.82) is 10.5 Å². The van der Waals surface area contributed by atoms with Crippen molar-refractivity contribution >= 4 is 5.78 Å². The molecule has 5 heteroatoms. The van der Waals surface area contributed by atoms with Crippen LogP contribution >= 0.6 is 0 Å². The van der Waals surface area contributed by atoms with Crippen molar-refractivity contribution in [3.63, 3.8) is 0 Å². The van der Waals surface area contributed by atoms with E-state index in [9.17, 15) is 15.2 Å². The molecule has 0 aliphatic heterocycles. The number of aliphatic hydroxyl groups is 1. The van der Waals surface area contributed by atoms with Gasteiger partial charge in [0.2, 0.25) is 0 Å². The molecule has 0 aromatic heterocycles. The van der Waals surface area contributed by atoms with Crippen LogP contribution in [-0.2, 0) is 9.53 Å². The molecule has 0 unspecified atom stereocenters. The topological polar surface area (TPSA) is 94.1 Å². The van der Waals surface area contributed by atoms with Gasteiger partial charge < -0.3 is 9.84 Å². The molecular weight excluding hydrogens is 424 g/mol. The molecule has 34 heavy (non-hydrogen) atoms. The van der Waals surface area contributed by atoms with Crippen molar-refractivity contribution in [1.82, 2.24) is 0 Å². The Labute approximate surface area is 202 Å². The summed E-state index contributed by atoms with van der Waals surface area (Å²) in [6, 6.07) is 9.44. The Kier molecular flexibility index (Phi) is 9.13. The average Bonchev–Trinajstić information content (AvgIpc) is 2.89. The monoisotopic (exact) mass is 454 g/mol. The molecule has 1 aromatic rings. The summed E-state index contributed by atoms with van der Waals surface area (Å²) in [5.41, 5.74) is 6.18. The molecule has 1 aromatic carbocycles. The first-order chi connectivity index (χ1) is 16.2. The SMILES string of the molecule is C=C/C(C)=C(/C(=O)COCCC#N)[C@H](C1=C(C)C(C)=CC(=C)C=C1O)c1ccc(C#N)cc1C. The average molecular weight is 455 g/mol. The first-order valence-corrected chi connectivity index (χ1v) is 11.0. The maximum absolute atomic E-state index is 13.5. The summed E-state index contributed by atoms with van der Waals surface area (Å²) in [4.78, 5) is 13.5. The van der Waals surface area contributed by atoms with Crippen LogP contribution in [0.4, 0.5) is 0 Å². The number of rotatable bonds is 9. The fourth-order valence-electron chi connectivity index (χ4n) is 4.05. The minimum Gasteiger partial charge on any atom is -0.508 e. The Morgan fingerprint density at radius 1 is 1.24 bits per heavy atom. The van der Waals surface area contributed by atoms with E-state index in [1.54, 1.807) is 31.2 Å². The first kappa shape index (κ1) is 26.3. The van der Waals surface area contributed by atoms with E-state index < -0.39 is 5.92 Å². The van der Waals surface area contributed by atoms with E-state index in [-0.39, 0.29) is 31.2 Å². The number of ketones is 1. The lowest BCUT2D eigenvalue weighted by atomic mass is 9.76. The van der Waals surface area contributed by atoms with Gasteiger partial charge >= 0.3 is 0 Å². The molecule has 0 spiro atoms. The third-order valence-corrected chi connectivity index (χ3v) is 5.91. The molecule has 0 saturated carbocycles. The van der Waals surface area contributed by atoms with Gasteiger partial charge in [0.1, 0.15) is 12.4 Å². The number of aliphatic hydroxyl groups excluding tert-OH is 1. The lowest BCUT2D eigenvalue weighted by molar-refractivity contribution is -0.120. The fourth-order valence-corrected chi connectivity index (χ4v) is 4.05. The number of benzene rings is 1. The highest BCUT2D eigenvalue weighted by Crippen LogP contribution is 2.43. The lowest BCUT2D eigenvalue weighted by Crippen LogP contribution is -2.22. The van der Waals surface area contributed by atoms with Crippen LogP contribution in [0.25, 0.3) is 0 Å². The van der Waals surface area contributed by atoms with E-state index in [0.717, 1.165) is 22.3 Å². The predicted molar refractivity (Wildman–Crippen MR) is 134 cm³/mol. The van der Waals surface area contributed by atoms with Crippen molar-refractivity contribution in [2.75, 3.05) is 13.2 Å². The first-order valence-electron chi connectivity index (χ1n) is 11.0. The van der Waals surface area contributed by atoms with E-state index in [1.165, 1.54) is 0 Å². The molecule has 1 aliphatic rings. The van der Waals surface area contributed by atoms with Gasteiger partial charge in [0.15, 0.2) is 5.78 Å². The lowest BCUT2D eigenvalue weighted by Gasteiger charge is -2.28. The van der Waals surface area contributed by atoms with Gasteiger partial charge in [-0.15, -0.1) is 0 Å². The maximum Gasteiger partial charge on any atom is 0.185 e. The third-order valence-electron chi connectivity index (χ3n) is 5.91. The predicted octanol–water partition coefficient (Wildman–Crippen LogP) is 6.23. The highest BCUT2D eigenvalue weighted by molar-refractivity contribution is 6.00. The van der Waals surface area contributed by atoms with E-state index in [0.29, 0.717) is 27.9 Å². The molecule has 0 radical (unpaired) electrons. The van der Waals surface area contributed by atoms with Crippen LogP contribution in [0.15, 0.2) is 88.8 Å². The van der Waals surface area contributed by atoms with E-state index in [4.69, 9.17) is 10.00 Å². The molecule has 1 atom stereocenters. The number of hydrogen-bond donors (Lipinski definition) is 1. The summed E-state index contributed by atoms with van der Waals surface area (Å²) in [5.74, 6) is -0.873. The summed E-state index contributed by atoms with van der Waals surface area (Å²) >= 11 is 0. The quantitative estimate of drug-likeness (QED) is 0.271. The van der Waals surface area contributed by atoms with Gasteiger partial charge in [-0.05, 0) is 79.3 Å². The molecule has 0 saturated heterocycles. The van der Waals surface area contributed by atoms with Gasteiger partial charge in [0.05, 0.1) is 30.7 Å². The minimum absolute atomic E-state index is 0.0249. The summed E-state index contributed by atoms with van der Waals surface area (Å²) in [7, 11) is 0. The van der Waals surface area contributed by atoms with Crippen molar-refractivity contribution in [3.8, 4) is 12.1 Å². The summed E-state index contributed by atoms with van der Waals surface area (Å²) < 4.78 is 5.47.